The van der Waals surface area contributed by atoms with Gasteiger partial charge < -0.3 is 4.74 Å². The first-order valence-electron chi connectivity index (χ1n) is 11.3. The molecule has 2 aromatic carbocycles. The van der Waals surface area contributed by atoms with Crippen LogP contribution in [0, 0.1) is 20.8 Å². The average molecular weight is 442 g/mol. The second kappa shape index (κ2) is 8.41. The van der Waals surface area contributed by atoms with Crippen LogP contribution in [-0.2, 0) is 11.3 Å². The molecule has 7 heteroatoms. The van der Waals surface area contributed by atoms with Gasteiger partial charge in [0.15, 0.2) is 11.3 Å². The van der Waals surface area contributed by atoms with Gasteiger partial charge in [-0.15, -0.1) is 0 Å². The van der Waals surface area contributed by atoms with Crippen molar-refractivity contribution in [2.24, 2.45) is 0 Å². The maximum atomic E-state index is 13.7. The van der Waals surface area contributed by atoms with Gasteiger partial charge >= 0.3 is 0 Å². The fourth-order valence-electron chi connectivity index (χ4n) is 4.49. The molecule has 0 spiro atoms. The van der Waals surface area contributed by atoms with E-state index in [1.165, 1.54) is 0 Å². The van der Waals surface area contributed by atoms with Crippen LogP contribution in [0.15, 0.2) is 47.3 Å². The smallest absolute Gasteiger partial charge is 0.265 e. The number of fused-ring (bicyclic) bond motifs is 4. The van der Waals surface area contributed by atoms with E-state index in [-0.39, 0.29) is 5.56 Å². The van der Waals surface area contributed by atoms with Gasteiger partial charge in [0.1, 0.15) is 16.7 Å². The van der Waals surface area contributed by atoms with Crippen molar-refractivity contribution in [1.29, 1.82) is 0 Å². The first kappa shape index (κ1) is 21.3. The predicted molar refractivity (Wildman–Crippen MR) is 131 cm³/mol. The Balaban J connectivity index is 1.86. The standard InChI is InChI=1S/C26H27N5O2/c1-5-33-12-8-11-30-18(4)27-24-22(26(30)32)23-25(29-21-10-7-6-9-20(21)28-23)31(24)19-14-16(2)13-17(3)15-19/h6-7,9-10,13-15H,5,8,11-12H2,1-4H3. The van der Waals surface area contributed by atoms with E-state index in [1.54, 1.807) is 4.57 Å². The van der Waals surface area contributed by atoms with Crippen LogP contribution in [0.25, 0.3) is 38.9 Å². The summed E-state index contributed by atoms with van der Waals surface area (Å²) in [6.45, 7) is 9.79. The molecule has 0 radical (unpaired) electrons. The summed E-state index contributed by atoms with van der Waals surface area (Å²) in [5, 5.41) is 0.504. The minimum atomic E-state index is -0.0910. The van der Waals surface area contributed by atoms with Gasteiger partial charge in [-0.3, -0.25) is 13.9 Å². The second-order valence-electron chi connectivity index (χ2n) is 8.43. The monoisotopic (exact) mass is 441 g/mol. The topological polar surface area (TPSA) is 74.8 Å². The van der Waals surface area contributed by atoms with Crippen LogP contribution in [0.5, 0.6) is 0 Å². The maximum absolute atomic E-state index is 13.7. The van der Waals surface area contributed by atoms with E-state index >= 15 is 0 Å². The van der Waals surface area contributed by atoms with Gasteiger partial charge in [-0.2, -0.15) is 0 Å². The van der Waals surface area contributed by atoms with E-state index in [9.17, 15) is 4.79 Å². The molecule has 5 aromatic rings. The van der Waals surface area contributed by atoms with Gasteiger partial charge in [0.25, 0.3) is 5.56 Å². The van der Waals surface area contributed by atoms with Crippen molar-refractivity contribution in [3.05, 3.63) is 69.8 Å². The Morgan fingerprint density at radius 2 is 1.61 bits per heavy atom. The van der Waals surface area contributed by atoms with Gasteiger partial charge in [-0.25, -0.2) is 15.0 Å². The average Bonchev–Trinajstić information content (AvgIpc) is 3.09. The van der Waals surface area contributed by atoms with Crippen molar-refractivity contribution in [3.63, 3.8) is 0 Å². The SMILES string of the molecule is CCOCCCn1c(C)nc2c(c1=O)c1nc3ccccc3nc1n2-c1cc(C)cc(C)c1. The molecule has 0 saturated heterocycles. The summed E-state index contributed by atoms with van der Waals surface area (Å²) in [4.78, 5) is 28.5. The molecule has 0 aliphatic rings. The quantitative estimate of drug-likeness (QED) is 0.359. The van der Waals surface area contributed by atoms with Crippen LogP contribution in [0.1, 0.15) is 30.3 Å². The number of aromatic nitrogens is 5. The third-order valence-corrected chi connectivity index (χ3v) is 5.89. The highest BCUT2D eigenvalue weighted by atomic mass is 16.5. The highest BCUT2D eigenvalue weighted by Gasteiger charge is 2.22. The summed E-state index contributed by atoms with van der Waals surface area (Å²) in [6.07, 6.45) is 0.742. The number of nitrogens with zero attached hydrogens (tertiary/aromatic N) is 5. The summed E-state index contributed by atoms with van der Waals surface area (Å²) in [7, 11) is 0. The van der Waals surface area contributed by atoms with Crippen LogP contribution in [0.4, 0.5) is 0 Å². The number of hydrogen-bond acceptors (Lipinski definition) is 5. The molecule has 0 amide bonds. The summed E-state index contributed by atoms with van der Waals surface area (Å²) in [6, 6.07) is 14.0. The Morgan fingerprint density at radius 1 is 0.909 bits per heavy atom. The molecular weight excluding hydrogens is 414 g/mol. The number of aryl methyl sites for hydroxylation is 3. The van der Waals surface area contributed by atoms with Gasteiger partial charge in [0, 0.05) is 25.4 Å². The molecule has 33 heavy (non-hydrogen) atoms. The van der Waals surface area contributed by atoms with Crippen LogP contribution in [0.2, 0.25) is 0 Å². The Hall–Kier alpha value is -3.58. The van der Waals surface area contributed by atoms with E-state index in [2.05, 4.69) is 32.0 Å². The zero-order valence-electron chi connectivity index (χ0n) is 19.4. The molecule has 0 N–H and O–H groups in total. The minimum absolute atomic E-state index is 0.0910. The van der Waals surface area contributed by atoms with Crippen molar-refractivity contribution in [2.75, 3.05) is 13.2 Å². The summed E-state index contributed by atoms with van der Waals surface area (Å²) in [5.74, 6) is 0.669. The van der Waals surface area contributed by atoms with E-state index in [0.717, 1.165) is 34.3 Å². The molecule has 0 fully saturated rings. The van der Waals surface area contributed by atoms with Crippen molar-refractivity contribution in [1.82, 2.24) is 24.1 Å². The van der Waals surface area contributed by atoms with Crippen molar-refractivity contribution in [2.45, 2.75) is 40.7 Å². The number of benzene rings is 2. The van der Waals surface area contributed by atoms with Gasteiger partial charge in [0.2, 0.25) is 0 Å². The predicted octanol–water partition coefficient (Wildman–Crippen LogP) is 4.64. The van der Waals surface area contributed by atoms with E-state index < -0.39 is 0 Å². The molecule has 3 heterocycles. The molecule has 0 saturated carbocycles. The number of para-hydroxylation sites is 2. The van der Waals surface area contributed by atoms with Crippen LogP contribution in [0.3, 0.4) is 0 Å². The zero-order chi connectivity index (χ0) is 23.1. The van der Waals surface area contributed by atoms with Crippen LogP contribution < -0.4 is 5.56 Å². The van der Waals surface area contributed by atoms with E-state index in [0.29, 0.717) is 47.8 Å². The van der Waals surface area contributed by atoms with Crippen LogP contribution in [-0.4, -0.2) is 37.3 Å². The second-order valence-corrected chi connectivity index (χ2v) is 8.43. The highest BCUT2D eigenvalue weighted by Crippen LogP contribution is 2.29. The molecule has 168 valence electrons. The Labute approximate surface area is 191 Å². The van der Waals surface area contributed by atoms with Gasteiger partial charge in [-0.05, 0) is 69.5 Å². The molecule has 3 aromatic heterocycles. The Bertz CT molecular complexity index is 1540. The lowest BCUT2D eigenvalue weighted by atomic mass is 10.1. The summed E-state index contributed by atoms with van der Waals surface area (Å²) >= 11 is 0. The third-order valence-electron chi connectivity index (χ3n) is 5.89. The third kappa shape index (κ3) is 3.68. The molecule has 5 rings (SSSR count). The fourth-order valence-corrected chi connectivity index (χ4v) is 4.49. The molecule has 0 atom stereocenters. The maximum Gasteiger partial charge on any atom is 0.265 e. The molecule has 0 aliphatic heterocycles. The van der Waals surface area contributed by atoms with Crippen molar-refractivity contribution >= 4 is 33.2 Å². The Morgan fingerprint density at radius 3 is 2.30 bits per heavy atom. The van der Waals surface area contributed by atoms with E-state index in [1.807, 2.05) is 42.7 Å². The number of hydrogen-bond donors (Lipinski definition) is 0. The van der Waals surface area contributed by atoms with Crippen LogP contribution >= 0.6 is 0 Å². The molecule has 0 bridgehead atoms. The molecule has 0 aliphatic carbocycles. The number of ether oxygens (including phenoxy) is 1. The van der Waals surface area contributed by atoms with Crippen molar-refractivity contribution < 1.29 is 4.74 Å². The lowest BCUT2D eigenvalue weighted by Crippen LogP contribution is -2.24. The first-order chi connectivity index (χ1) is 16.0. The zero-order valence-corrected chi connectivity index (χ0v) is 19.4. The molecule has 0 unspecified atom stereocenters. The number of rotatable bonds is 6. The molecular formula is C26H27N5O2. The lowest BCUT2D eigenvalue weighted by Gasteiger charge is -2.12. The van der Waals surface area contributed by atoms with Crippen molar-refractivity contribution in [3.8, 4) is 5.69 Å². The Kier molecular flexibility index (Phi) is 5.42. The van der Waals surface area contributed by atoms with E-state index in [4.69, 9.17) is 19.7 Å². The lowest BCUT2D eigenvalue weighted by molar-refractivity contribution is 0.141. The summed E-state index contributed by atoms with van der Waals surface area (Å²) < 4.78 is 9.16. The summed E-state index contributed by atoms with van der Waals surface area (Å²) in [5.41, 5.74) is 6.46. The minimum Gasteiger partial charge on any atom is -0.382 e. The highest BCUT2D eigenvalue weighted by molar-refractivity contribution is 6.05. The first-order valence-corrected chi connectivity index (χ1v) is 11.3. The normalized spacial score (nSPS) is 11.8. The molecule has 7 nitrogen and oxygen atoms in total. The van der Waals surface area contributed by atoms with Gasteiger partial charge in [-0.1, -0.05) is 18.2 Å². The fraction of sp³-hybridized carbons (Fsp3) is 0.308. The largest absolute Gasteiger partial charge is 0.382 e. The van der Waals surface area contributed by atoms with Gasteiger partial charge in [0.05, 0.1) is 11.0 Å².